The van der Waals surface area contributed by atoms with Crippen molar-refractivity contribution in [2.75, 3.05) is 39.4 Å². The predicted molar refractivity (Wildman–Crippen MR) is 115 cm³/mol. The molecule has 2 aromatic rings. The number of nitrogens with zero attached hydrogens (tertiary/aromatic N) is 2. The van der Waals surface area contributed by atoms with Crippen LogP contribution in [0.25, 0.3) is 11.1 Å². The number of benzene rings is 2. The highest BCUT2D eigenvalue weighted by molar-refractivity contribution is 7.80. The molecule has 6 heteroatoms. The van der Waals surface area contributed by atoms with E-state index in [0.29, 0.717) is 5.11 Å². The minimum Gasteiger partial charge on any atom is -0.379 e. The Morgan fingerprint density at radius 2 is 1.70 bits per heavy atom. The van der Waals surface area contributed by atoms with Gasteiger partial charge in [0, 0.05) is 26.2 Å². The van der Waals surface area contributed by atoms with Crippen molar-refractivity contribution in [3.63, 3.8) is 0 Å². The Labute approximate surface area is 166 Å². The molecule has 0 radical (unpaired) electrons. The molecule has 5 nitrogen and oxygen atoms in total. The summed E-state index contributed by atoms with van der Waals surface area (Å²) in [7, 11) is 0. The maximum atomic E-state index is 5.35. The third kappa shape index (κ3) is 6.13. The van der Waals surface area contributed by atoms with E-state index in [0.717, 1.165) is 50.7 Å². The van der Waals surface area contributed by atoms with Crippen LogP contribution in [0.4, 0.5) is 0 Å². The summed E-state index contributed by atoms with van der Waals surface area (Å²) < 4.78 is 5.35. The molecule has 1 aliphatic rings. The minimum absolute atomic E-state index is 0.545. The highest BCUT2D eigenvalue weighted by atomic mass is 32.1. The molecule has 1 heterocycles. The molecule has 142 valence electrons. The maximum Gasteiger partial charge on any atom is 0.187 e. The number of nitrogens with one attached hydrogen (secondary N) is 2. The molecule has 0 unspecified atom stereocenters. The molecule has 0 saturated carbocycles. The fourth-order valence-corrected chi connectivity index (χ4v) is 3.07. The fourth-order valence-electron chi connectivity index (χ4n) is 2.93. The lowest BCUT2D eigenvalue weighted by Crippen LogP contribution is -2.42. The number of ether oxygens (including phenoxy) is 1. The van der Waals surface area contributed by atoms with Crippen molar-refractivity contribution in [3.8, 4) is 11.1 Å². The zero-order chi connectivity index (χ0) is 18.9. The van der Waals surface area contributed by atoms with Crippen LogP contribution in [0, 0.1) is 0 Å². The van der Waals surface area contributed by atoms with Gasteiger partial charge in [-0.05, 0) is 35.8 Å². The Kier molecular flexibility index (Phi) is 7.33. The first-order valence-corrected chi connectivity index (χ1v) is 9.67. The van der Waals surface area contributed by atoms with Crippen molar-refractivity contribution in [1.29, 1.82) is 0 Å². The highest BCUT2D eigenvalue weighted by Crippen LogP contribution is 2.19. The van der Waals surface area contributed by atoms with Gasteiger partial charge in [0.15, 0.2) is 5.11 Å². The van der Waals surface area contributed by atoms with Crippen LogP contribution in [0.15, 0.2) is 59.7 Å². The van der Waals surface area contributed by atoms with Gasteiger partial charge in [-0.2, -0.15) is 5.10 Å². The lowest BCUT2D eigenvalue weighted by atomic mass is 10.0. The summed E-state index contributed by atoms with van der Waals surface area (Å²) in [5.74, 6) is 0. The second-order valence-corrected chi connectivity index (χ2v) is 6.87. The molecular weight excluding hydrogens is 356 g/mol. The van der Waals surface area contributed by atoms with Gasteiger partial charge in [-0.25, -0.2) is 0 Å². The van der Waals surface area contributed by atoms with Crippen molar-refractivity contribution < 1.29 is 4.74 Å². The average molecular weight is 383 g/mol. The third-order valence-electron chi connectivity index (χ3n) is 4.55. The standard InChI is InChI=1S/C21H26N4OS/c1-17(18-7-9-20(10-8-18)19-5-3-2-4-6-19)23-24-21(27)22-11-12-25-13-15-26-16-14-25/h2-10H,11-16H2,1H3,(H2,22,24,27)/b23-17-. The van der Waals surface area contributed by atoms with E-state index in [-0.39, 0.29) is 0 Å². The van der Waals surface area contributed by atoms with Crippen molar-refractivity contribution in [2.45, 2.75) is 6.92 Å². The second kappa shape index (κ2) is 10.2. The molecule has 1 fully saturated rings. The SMILES string of the molecule is C/C(=N/NC(=S)NCCN1CCOCC1)c1ccc(-c2ccccc2)cc1. The Balaban J connectivity index is 1.46. The molecule has 0 aliphatic carbocycles. The number of morpholine rings is 1. The summed E-state index contributed by atoms with van der Waals surface area (Å²) in [4.78, 5) is 2.36. The highest BCUT2D eigenvalue weighted by Gasteiger charge is 2.09. The second-order valence-electron chi connectivity index (χ2n) is 6.46. The largest absolute Gasteiger partial charge is 0.379 e. The molecule has 0 bridgehead atoms. The van der Waals surface area contributed by atoms with E-state index >= 15 is 0 Å². The van der Waals surface area contributed by atoms with E-state index in [1.165, 1.54) is 11.1 Å². The average Bonchev–Trinajstić information content (AvgIpc) is 2.73. The van der Waals surface area contributed by atoms with Gasteiger partial charge in [-0.15, -0.1) is 0 Å². The molecule has 0 amide bonds. The number of hydrazone groups is 1. The Morgan fingerprint density at radius 1 is 1.04 bits per heavy atom. The van der Waals surface area contributed by atoms with Crippen molar-refractivity contribution in [2.24, 2.45) is 5.10 Å². The maximum absolute atomic E-state index is 5.35. The molecule has 2 aromatic carbocycles. The van der Waals surface area contributed by atoms with Crippen LogP contribution >= 0.6 is 12.2 Å². The molecule has 0 spiro atoms. The smallest absolute Gasteiger partial charge is 0.187 e. The van der Waals surface area contributed by atoms with Crippen molar-refractivity contribution in [1.82, 2.24) is 15.6 Å². The molecule has 0 aromatic heterocycles. The number of rotatable bonds is 6. The Morgan fingerprint density at radius 3 is 2.41 bits per heavy atom. The van der Waals surface area contributed by atoms with Gasteiger partial charge >= 0.3 is 0 Å². The van der Waals surface area contributed by atoms with Gasteiger partial charge in [-0.1, -0.05) is 54.6 Å². The van der Waals surface area contributed by atoms with E-state index in [9.17, 15) is 0 Å². The quantitative estimate of drug-likeness (QED) is 0.457. The first-order valence-electron chi connectivity index (χ1n) is 9.26. The lowest BCUT2D eigenvalue weighted by molar-refractivity contribution is 0.0389. The van der Waals surface area contributed by atoms with Crippen LogP contribution in [-0.4, -0.2) is 55.1 Å². The van der Waals surface area contributed by atoms with Crippen LogP contribution in [0.5, 0.6) is 0 Å². The minimum atomic E-state index is 0.545. The van der Waals surface area contributed by atoms with E-state index in [1.54, 1.807) is 0 Å². The van der Waals surface area contributed by atoms with Gasteiger partial charge in [0.25, 0.3) is 0 Å². The Hall–Kier alpha value is -2.28. The van der Waals surface area contributed by atoms with Crippen molar-refractivity contribution >= 4 is 23.0 Å². The van der Waals surface area contributed by atoms with Gasteiger partial charge in [0.05, 0.1) is 18.9 Å². The number of hydrogen-bond acceptors (Lipinski definition) is 4. The van der Waals surface area contributed by atoms with E-state index in [4.69, 9.17) is 17.0 Å². The monoisotopic (exact) mass is 382 g/mol. The first-order chi connectivity index (χ1) is 13.2. The van der Waals surface area contributed by atoms with Crippen LogP contribution in [-0.2, 0) is 4.74 Å². The van der Waals surface area contributed by atoms with E-state index in [2.05, 4.69) is 57.1 Å². The summed E-state index contributed by atoms with van der Waals surface area (Å²) in [5.41, 5.74) is 7.30. The van der Waals surface area contributed by atoms with Crippen LogP contribution in [0.2, 0.25) is 0 Å². The molecule has 1 saturated heterocycles. The third-order valence-corrected chi connectivity index (χ3v) is 4.79. The predicted octanol–water partition coefficient (Wildman–Crippen LogP) is 2.87. The topological polar surface area (TPSA) is 48.9 Å². The summed E-state index contributed by atoms with van der Waals surface area (Å²) in [6.45, 7) is 7.32. The summed E-state index contributed by atoms with van der Waals surface area (Å²) in [6.07, 6.45) is 0. The van der Waals surface area contributed by atoms with E-state index < -0.39 is 0 Å². The summed E-state index contributed by atoms with van der Waals surface area (Å²) >= 11 is 5.30. The van der Waals surface area contributed by atoms with Crippen LogP contribution < -0.4 is 10.7 Å². The number of thiocarbonyl (C=S) groups is 1. The van der Waals surface area contributed by atoms with Gasteiger partial charge in [0.1, 0.15) is 0 Å². The fraction of sp³-hybridized carbons (Fsp3) is 0.333. The van der Waals surface area contributed by atoms with Gasteiger partial charge in [-0.3, -0.25) is 10.3 Å². The zero-order valence-corrected chi connectivity index (χ0v) is 16.5. The molecule has 3 rings (SSSR count). The molecule has 1 aliphatic heterocycles. The summed E-state index contributed by atoms with van der Waals surface area (Å²) in [6, 6.07) is 18.7. The van der Waals surface area contributed by atoms with Gasteiger partial charge < -0.3 is 10.1 Å². The zero-order valence-electron chi connectivity index (χ0n) is 15.6. The lowest BCUT2D eigenvalue weighted by Gasteiger charge is -2.26. The van der Waals surface area contributed by atoms with Crippen LogP contribution in [0.3, 0.4) is 0 Å². The van der Waals surface area contributed by atoms with Crippen molar-refractivity contribution in [3.05, 3.63) is 60.2 Å². The van der Waals surface area contributed by atoms with Gasteiger partial charge in [0.2, 0.25) is 0 Å². The summed E-state index contributed by atoms with van der Waals surface area (Å²) in [5, 5.41) is 8.13. The number of hydrogen-bond donors (Lipinski definition) is 2. The normalized spacial score (nSPS) is 15.4. The molecule has 0 atom stereocenters. The molecular formula is C21H26N4OS. The molecule has 27 heavy (non-hydrogen) atoms. The Bertz CT molecular complexity index is 756. The van der Waals surface area contributed by atoms with E-state index in [1.807, 2.05) is 25.1 Å². The van der Waals surface area contributed by atoms with Crippen LogP contribution in [0.1, 0.15) is 12.5 Å². The first kappa shape index (κ1) is 19.5. The molecule has 2 N–H and O–H groups in total.